The molecule has 2 heteroatoms. The van der Waals surface area contributed by atoms with E-state index in [0.717, 1.165) is 29.2 Å². The standard InChI is InChI=1S/C54H41NO/c1-4-12-38(13-5-1)41-20-27-48(28-21-41)55(49-29-22-42(23-30-49)44-26-33-54-52(37-44)51-18-10-11-19-53(51)56-54)50-31-24-43(25-32-50)47-35-45(39-14-6-2-7-15-39)34-46(36-47)40-16-8-3-9-17-40/h1-16,18-37,40,51,53H,17H2. The van der Waals surface area contributed by atoms with Crippen molar-refractivity contribution >= 4 is 17.1 Å². The molecule has 0 spiro atoms. The van der Waals surface area contributed by atoms with E-state index in [1.165, 1.54) is 55.6 Å². The number of hydrogen-bond donors (Lipinski definition) is 0. The van der Waals surface area contributed by atoms with E-state index < -0.39 is 0 Å². The molecule has 10 rings (SSSR count). The van der Waals surface area contributed by atoms with Gasteiger partial charge in [-0.3, -0.25) is 0 Å². The monoisotopic (exact) mass is 719 g/mol. The van der Waals surface area contributed by atoms with Gasteiger partial charge >= 0.3 is 0 Å². The molecule has 7 aromatic carbocycles. The summed E-state index contributed by atoms with van der Waals surface area (Å²) in [4.78, 5) is 2.35. The van der Waals surface area contributed by atoms with Crippen LogP contribution in [0.25, 0.3) is 44.5 Å². The zero-order valence-electron chi connectivity index (χ0n) is 31.1. The molecule has 0 saturated heterocycles. The lowest BCUT2D eigenvalue weighted by Crippen LogP contribution is -2.15. The van der Waals surface area contributed by atoms with Crippen molar-refractivity contribution in [2.75, 3.05) is 4.90 Å². The molecule has 3 atom stereocenters. The predicted octanol–water partition coefficient (Wildman–Crippen LogP) is 14.4. The van der Waals surface area contributed by atoms with Crippen LogP contribution in [0.4, 0.5) is 17.1 Å². The van der Waals surface area contributed by atoms with Gasteiger partial charge in [-0.1, -0.05) is 158 Å². The fourth-order valence-corrected chi connectivity index (χ4v) is 8.37. The van der Waals surface area contributed by atoms with Crippen molar-refractivity contribution in [1.29, 1.82) is 0 Å². The van der Waals surface area contributed by atoms with Crippen molar-refractivity contribution in [3.63, 3.8) is 0 Å². The molecule has 0 fully saturated rings. The summed E-state index contributed by atoms with van der Waals surface area (Å²) in [5.74, 6) is 1.61. The summed E-state index contributed by atoms with van der Waals surface area (Å²) < 4.78 is 6.23. The highest BCUT2D eigenvalue weighted by molar-refractivity contribution is 5.82. The molecule has 0 N–H and O–H groups in total. The van der Waals surface area contributed by atoms with E-state index in [1.807, 2.05) is 0 Å². The average molecular weight is 720 g/mol. The van der Waals surface area contributed by atoms with Crippen LogP contribution in [-0.4, -0.2) is 6.10 Å². The maximum absolute atomic E-state index is 6.23. The van der Waals surface area contributed by atoms with Gasteiger partial charge < -0.3 is 9.64 Å². The second kappa shape index (κ2) is 14.7. The minimum absolute atomic E-state index is 0.0853. The van der Waals surface area contributed by atoms with E-state index in [2.05, 4.69) is 223 Å². The SMILES string of the molecule is C1=CCC(c2cc(-c3ccccc3)cc(-c3ccc(N(c4ccc(-c5ccccc5)cc4)c4ccc(-c5ccc6c(c5)C5C=CC=CC5O6)cc4)cc3)c2)C=C1. The molecular weight excluding hydrogens is 679 g/mol. The second-order valence-electron chi connectivity index (χ2n) is 14.8. The highest BCUT2D eigenvalue weighted by atomic mass is 16.5. The zero-order chi connectivity index (χ0) is 37.3. The van der Waals surface area contributed by atoms with E-state index in [9.17, 15) is 0 Å². The molecule has 3 unspecified atom stereocenters. The molecule has 0 amide bonds. The van der Waals surface area contributed by atoms with Crippen LogP contribution in [0.2, 0.25) is 0 Å². The van der Waals surface area contributed by atoms with Crippen LogP contribution in [0.1, 0.15) is 29.4 Å². The Morgan fingerprint density at radius 2 is 0.911 bits per heavy atom. The molecule has 1 heterocycles. The highest BCUT2D eigenvalue weighted by Crippen LogP contribution is 2.44. The fourth-order valence-electron chi connectivity index (χ4n) is 8.37. The summed E-state index contributed by atoms with van der Waals surface area (Å²) in [6.07, 6.45) is 18.6. The molecule has 1 aliphatic heterocycles. The molecule has 2 aliphatic carbocycles. The highest BCUT2D eigenvalue weighted by Gasteiger charge is 2.32. The van der Waals surface area contributed by atoms with Crippen LogP contribution >= 0.6 is 0 Å². The average Bonchev–Trinajstić information content (AvgIpc) is 3.66. The summed E-state index contributed by atoms with van der Waals surface area (Å²) in [5, 5.41) is 0. The van der Waals surface area contributed by atoms with Crippen LogP contribution < -0.4 is 9.64 Å². The molecule has 0 radical (unpaired) electrons. The summed E-state index contributed by atoms with van der Waals surface area (Å²) in [6, 6.07) is 61.9. The largest absolute Gasteiger partial charge is 0.485 e. The van der Waals surface area contributed by atoms with Crippen molar-refractivity contribution in [2.24, 2.45) is 0 Å². The first-order chi connectivity index (χ1) is 27.7. The first kappa shape index (κ1) is 33.7. The summed E-state index contributed by atoms with van der Waals surface area (Å²) in [6.45, 7) is 0. The fraction of sp³-hybridized carbons (Fsp3) is 0.0741. The molecule has 268 valence electrons. The third-order valence-electron chi connectivity index (χ3n) is 11.3. The summed E-state index contributed by atoms with van der Waals surface area (Å²) in [7, 11) is 0. The van der Waals surface area contributed by atoms with Gasteiger partial charge in [-0.2, -0.15) is 0 Å². The van der Waals surface area contributed by atoms with Gasteiger partial charge in [0.05, 0.1) is 0 Å². The Bertz CT molecular complexity index is 2610. The first-order valence-corrected chi connectivity index (χ1v) is 19.6. The minimum atomic E-state index is 0.0853. The van der Waals surface area contributed by atoms with E-state index in [-0.39, 0.29) is 12.0 Å². The molecular formula is C54H41NO. The normalized spacial score (nSPS) is 17.6. The maximum Gasteiger partial charge on any atom is 0.128 e. The lowest BCUT2D eigenvalue weighted by Gasteiger charge is -2.26. The number of nitrogens with zero attached hydrogens (tertiary/aromatic N) is 1. The topological polar surface area (TPSA) is 12.5 Å². The molecule has 56 heavy (non-hydrogen) atoms. The molecule has 0 aromatic heterocycles. The molecule has 7 aromatic rings. The van der Waals surface area contributed by atoms with Gasteiger partial charge in [-0.25, -0.2) is 0 Å². The molecule has 2 nitrogen and oxygen atoms in total. The third-order valence-corrected chi connectivity index (χ3v) is 11.3. The third kappa shape index (κ3) is 6.61. The van der Waals surface area contributed by atoms with Crippen molar-refractivity contribution in [1.82, 2.24) is 0 Å². The number of allylic oxidation sites excluding steroid dienone is 6. The van der Waals surface area contributed by atoms with E-state index >= 15 is 0 Å². The molecule has 3 aliphatic rings. The Hall–Kier alpha value is -6.90. The van der Waals surface area contributed by atoms with E-state index in [4.69, 9.17) is 4.74 Å². The van der Waals surface area contributed by atoms with Crippen molar-refractivity contribution in [3.05, 3.63) is 230 Å². The Kier molecular flexibility index (Phi) is 8.85. The quantitative estimate of drug-likeness (QED) is 0.155. The van der Waals surface area contributed by atoms with Crippen LogP contribution in [-0.2, 0) is 0 Å². The number of hydrogen-bond acceptors (Lipinski definition) is 2. The van der Waals surface area contributed by atoms with Gasteiger partial charge in [-0.05, 0) is 117 Å². The number of rotatable bonds is 8. The van der Waals surface area contributed by atoms with Crippen LogP contribution in [0, 0.1) is 0 Å². The lowest BCUT2D eigenvalue weighted by atomic mass is 9.87. The minimum Gasteiger partial charge on any atom is -0.485 e. The second-order valence-corrected chi connectivity index (χ2v) is 14.8. The first-order valence-electron chi connectivity index (χ1n) is 19.6. The number of anilines is 3. The van der Waals surface area contributed by atoms with Crippen LogP contribution in [0.5, 0.6) is 5.75 Å². The number of benzene rings is 7. The van der Waals surface area contributed by atoms with Gasteiger partial charge in [0, 0.05) is 34.5 Å². The van der Waals surface area contributed by atoms with Crippen molar-refractivity contribution in [3.8, 4) is 50.3 Å². The lowest BCUT2D eigenvalue weighted by molar-refractivity contribution is 0.269. The molecule has 0 bridgehead atoms. The summed E-state index contributed by atoms with van der Waals surface area (Å²) in [5.41, 5.74) is 15.6. The molecule has 0 saturated carbocycles. The van der Waals surface area contributed by atoms with Gasteiger partial charge in [-0.15, -0.1) is 0 Å². The summed E-state index contributed by atoms with van der Waals surface area (Å²) >= 11 is 0. The Morgan fingerprint density at radius 1 is 0.411 bits per heavy atom. The number of ether oxygens (including phenoxy) is 1. The van der Waals surface area contributed by atoms with Crippen molar-refractivity contribution < 1.29 is 4.74 Å². The van der Waals surface area contributed by atoms with E-state index in [1.54, 1.807) is 0 Å². The Morgan fingerprint density at radius 3 is 1.50 bits per heavy atom. The zero-order valence-corrected chi connectivity index (χ0v) is 31.1. The maximum atomic E-state index is 6.23. The van der Waals surface area contributed by atoms with Crippen LogP contribution in [0.3, 0.4) is 0 Å². The Labute approximate surface area is 329 Å². The Balaban J connectivity index is 1.01. The van der Waals surface area contributed by atoms with Gasteiger partial charge in [0.2, 0.25) is 0 Å². The van der Waals surface area contributed by atoms with Gasteiger partial charge in [0.1, 0.15) is 11.9 Å². The predicted molar refractivity (Wildman–Crippen MR) is 234 cm³/mol. The number of fused-ring (bicyclic) bond motifs is 3. The van der Waals surface area contributed by atoms with Crippen molar-refractivity contribution in [2.45, 2.75) is 24.4 Å². The van der Waals surface area contributed by atoms with E-state index in [0.29, 0.717) is 5.92 Å². The van der Waals surface area contributed by atoms with Crippen LogP contribution in [0.15, 0.2) is 218 Å². The van der Waals surface area contributed by atoms with Gasteiger partial charge in [0.15, 0.2) is 0 Å². The van der Waals surface area contributed by atoms with Gasteiger partial charge in [0.25, 0.3) is 0 Å². The smallest absolute Gasteiger partial charge is 0.128 e.